The Kier molecular flexibility index (Phi) is 7.00. The smallest absolute Gasteiger partial charge is 0.200 e. The van der Waals surface area contributed by atoms with E-state index in [1.807, 2.05) is 6.08 Å². The Morgan fingerprint density at radius 2 is 1.87 bits per heavy atom. The van der Waals surface area contributed by atoms with Crippen molar-refractivity contribution in [2.45, 2.75) is 51.4 Å². The van der Waals surface area contributed by atoms with Crippen molar-refractivity contribution in [1.29, 1.82) is 0 Å². The van der Waals surface area contributed by atoms with Gasteiger partial charge >= 0.3 is 0 Å². The summed E-state index contributed by atoms with van der Waals surface area (Å²) < 4.78 is 45.4. The molecule has 0 bridgehead atoms. The van der Waals surface area contributed by atoms with Gasteiger partial charge in [0.25, 0.3) is 0 Å². The predicted octanol–water partition coefficient (Wildman–Crippen LogP) is 5.94. The molecule has 1 saturated carbocycles. The summed E-state index contributed by atoms with van der Waals surface area (Å²) in [7, 11) is 0. The Labute approximate surface area is 136 Å². The SMILES string of the molecule is CCOc1ccc(C2CCC(/C=C/CCCF)CC2)c(F)c1F. The molecule has 1 nitrogen and oxygen atoms in total. The maximum atomic E-state index is 14.3. The fourth-order valence-electron chi connectivity index (χ4n) is 3.24. The van der Waals surface area contributed by atoms with Gasteiger partial charge in [-0.2, -0.15) is 4.39 Å². The number of rotatable bonds is 7. The Balaban J connectivity index is 1.95. The van der Waals surface area contributed by atoms with Crippen LogP contribution in [0.2, 0.25) is 0 Å². The lowest BCUT2D eigenvalue weighted by Gasteiger charge is -2.27. The van der Waals surface area contributed by atoms with Crippen molar-refractivity contribution in [3.63, 3.8) is 0 Å². The van der Waals surface area contributed by atoms with Crippen LogP contribution in [0.25, 0.3) is 0 Å². The number of halogens is 3. The first kappa shape index (κ1) is 17.9. The molecule has 0 atom stereocenters. The van der Waals surface area contributed by atoms with Crippen molar-refractivity contribution in [3.05, 3.63) is 41.5 Å². The Morgan fingerprint density at radius 3 is 2.52 bits per heavy atom. The zero-order valence-corrected chi connectivity index (χ0v) is 13.7. The van der Waals surface area contributed by atoms with E-state index in [2.05, 4.69) is 6.08 Å². The van der Waals surface area contributed by atoms with Crippen LogP contribution in [-0.4, -0.2) is 13.3 Å². The summed E-state index contributed by atoms with van der Waals surface area (Å²) in [6.07, 6.45) is 9.17. The third kappa shape index (κ3) is 4.76. The Hall–Kier alpha value is -1.45. The van der Waals surface area contributed by atoms with E-state index < -0.39 is 11.6 Å². The molecular weight excluding hydrogens is 301 g/mol. The molecule has 0 heterocycles. The summed E-state index contributed by atoms with van der Waals surface area (Å²) in [6.45, 7) is 1.78. The number of hydrogen-bond donors (Lipinski definition) is 0. The molecule has 0 N–H and O–H groups in total. The van der Waals surface area contributed by atoms with Crippen molar-refractivity contribution < 1.29 is 17.9 Å². The molecule has 0 spiro atoms. The van der Waals surface area contributed by atoms with Crippen molar-refractivity contribution in [3.8, 4) is 5.75 Å². The average molecular weight is 326 g/mol. The molecule has 0 unspecified atom stereocenters. The predicted molar refractivity (Wildman–Crippen MR) is 86.6 cm³/mol. The molecular formula is C19H25F3O. The van der Waals surface area contributed by atoms with Crippen LogP contribution in [0.5, 0.6) is 5.75 Å². The summed E-state index contributed by atoms with van der Waals surface area (Å²) in [5, 5.41) is 0. The lowest BCUT2D eigenvalue weighted by Crippen LogP contribution is -2.14. The molecule has 1 aromatic rings. The molecule has 1 fully saturated rings. The summed E-state index contributed by atoms with van der Waals surface area (Å²) in [5.74, 6) is -1.12. The molecule has 2 rings (SSSR count). The van der Waals surface area contributed by atoms with Crippen molar-refractivity contribution in [2.24, 2.45) is 5.92 Å². The van der Waals surface area contributed by atoms with Gasteiger partial charge in [0.1, 0.15) is 0 Å². The van der Waals surface area contributed by atoms with Crippen molar-refractivity contribution in [2.75, 3.05) is 13.3 Å². The van der Waals surface area contributed by atoms with Gasteiger partial charge in [-0.25, -0.2) is 4.39 Å². The van der Waals surface area contributed by atoms with Crippen LogP contribution >= 0.6 is 0 Å². The van der Waals surface area contributed by atoms with Crippen LogP contribution in [0.1, 0.15) is 56.9 Å². The highest BCUT2D eigenvalue weighted by Gasteiger charge is 2.25. The van der Waals surface area contributed by atoms with Gasteiger partial charge in [0.2, 0.25) is 5.82 Å². The summed E-state index contributed by atoms with van der Waals surface area (Å²) >= 11 is 0. The van der Waals surface area contributed by atoms with Gasteiger partial charge in [0.05, 0.1) is 13.3 Å². The molecule has 1 aromatic carbocycles. The number of allylic oxidation sites excluding steroid dienone is 2. The Bertz CT molecular complexity index is 520. The van der Waals surface area contributed by atoms with Gasteiger partial charge in [0, 0.05) is 0 Å². The van der Waals surface area contributed by atoms with Gasteiger partial charge in [-0.1, -0.05) is 18.2 Å². The minimum atomic E-state index is -0.877. The zero-order valence-electron chi connectivity index (χ0n) is 13.7. The molecule has 0 amide bonds. The van der Waals surface area contributed by atoms with Crippen LogP contribution in [0.3, 0.4) is 0 Å². The second kappa shape index (κ2) is 8.99. The molecule has 4 heteroatoms. The minimum absolute atomic E-state index is 0.0155. The third-order valence-corrected chi connectivity index (χ3v) is 4.50. The standard InChI is InChI=1S/C19H25F3O/c1-2-23-17-12-11-16(18(21)19(17)22)15-9-7-14(8-10-15)6-4-3-5-13-20/h4,6,11-12,14-15H,2-3,5,7-10,13H2,1H3/b6-4+. The Morgan fingerprint density at radius 1 is 1.13 bits per heavy atom. The van der Waals surface area contributed by atoms with E-state index in [1.54, 1.807) is 13.0 Å². The highest BCUT2D eigenvalue weighted by atomic mass is 19.2. The van der Waals surface area contributed by atoms with Gasteiger partial charge in [0.15, 0.2) is 11.6 Å². The lowest BCUT2D eigenvalue weighted by molar-refractivity contribution is 0.310. The fraction of sp³-hybridized carbons (Fsp3) is 0.579. The second-order valence-electron chi connectivity index (χ2n) is 6.08. The fourth-order valence-corrected chi connectivity index (χ4v) is 3.24. The molecule has 23 heavy (non-hydrogen) atoms. The first-order chi connectivity index (χ1) is 11.2. The van der Waals surface area contributed by atoms with Gasteiger partial charge in [-0.15, -0.1) is 0 Å². The first-order valence-corrected chi connectivity index (χ1v) is 8.50. The molecule has 1 aliphatic rings. The van der Waals surface area contributed by atoms with Crippen molar-refractivity contribution >= 4 is 0 Å². The van der Waals surface area contributed by atoms with Crippen LogP contribution in [0, 0.1) is 17.6 Å². The maximum Gasteiger partial charge on any atom is 0.200 e. The van der Waals surface area contributed by atoms with Gasteiger partial charge in [-0.3, -0.25) is 4.39 Å². The monoisotopic (exact) mass is 326 g/mol. The van der Waals surface area contributed by atoms with Gasteiger partial charge in [-0.05, 0) is 68.9 Å². The quantitative estimate of drug-likeness (QED) is 0.445. The van der Waals surface area contributed by atoms with Gasteiger partial charge < -0.3 is 4.74 Å². The number of ether oxygens (including phenoxy) is 1. The highest BCUT2D eigenvalue weighted by molar-refractivity contribution is 5.33. The third-order valence-electron chi connectivity index (χ3n) is 4.50. The van der Waals surface area contributed by atoms with E-state index >= 15 is 0 Å². The zero-order chi connectivity index (χ0) is 16.7. The number of benzene rings is 1. The number of hydrogen-bond acceptors (Lipinski definition) is 1. The number of unbranched alkanes of at least 4 members (excludes halogenated alkanes) is 1. The van der Waals surface area contributed by atoms with Crippen molar-refractivity contribution in [1.82, 2.24) is 0 Å². The van der Waals surface area contributed by atoms with Crippen LogP contribution in [0.15, 0.2) is 24.3 Å². The molecule has 0 radical (unpaired) electrons. The summed E-state index contributed by atoms with van der Waals surface area (Å²) in [6, 6.07) is 3.19. The highest BCUT2D eigenvalue weighted by Crippen LogP contribution is 2.39. The van der Waals surface area contributed by atoms with Crippen LogP contribution < -0.4 is 4.74 Å². The first-order valence-electron chi connectivity index (χ1n) is 8.50. The van der Waals surface area contributed by atoms with E-state index in [9.17, 15) is 13.2 Å². The minimum Gasteiger partial charge on any atom is -0.491 e. The normalized spacial score (nSPS) is 21.7. The van der Waals surface area contributed by atoms with E-state index in [-0.39, 0.29) is 18.3 Å². The maximum absolute atomic E-state index is 14.3. The second-order valence-corrected chi connectivity index (χ2v) is 6.08. The van der Waals surface area contributed by atoms with Crippen LogP contribution in [-0.2, 0) is 0 Å². The summed E-state index contributed by atoms with van der Waals surface area (Å²) in [5.41, 5.74) is 0.464. The molecule has 0 saturated heterocycles. The largest absolute Gasteiger partial charge is 0.491 e. The average Bonchev–Trinajstić information content (AvgIpc) is 2.57. The topological polar surface area (TPSA) is 9.23 Å². The molecule has 1 aliphatic carbocycles. The van der Waals surface area contributed by atoms with E-state index in [1.165, 1.54) is 6.07 Å². The van der Waals surface area contributed by atoms with Crippen LogP contribution in [0.4, 0.5) is 13.2 Å². The molecule has 128 valence electrons. The number of alkyl halides is 1. The molecule has 0 aromatic heterocycles. The summed E-state index contributed by atoms with van der Waals surface area (Å²) in [4.78, 5) is 0. The van der Waals surface area contributed by atoms with E-state index in [0.717, 1.165) is 32.1 Å². The van der Waals surface area contributed by atoms with E-state index in [4.69, 9.17) is 4.74 Å². The lowest BCUT2D eigenvalue weighted by atomic mass is 9.78. The van der Waals surface area contributed by atoms with E-state index in [0.29, 0.717) is 24.5 Å². The molecule has 0 aliphatic heterocycles.